The highest BCUT2D eigenvalue weighted by Gasteiger charge is 2.20. The zero-order valence-corrected chi connectivity index (χ0v) is 29.6. The van der Waals surface area contributed by atoms with Crippen LogP contribution in [0.2, 0.25) is 0 Å². The maximum absolute atomic E-state index is 6.62. The monoisotopic (exact) mass is 689 g/mol. The van der Waals surface area contributed by atoms with Crippen LogP contribution in [0.4, 0.5) is 17.1 Å². The molecule has 0 aliphatic rings. The van der Waals surface area contributed by atoms with Crippen molar-refractivity contribution in [3.05, 3.63) is 212 Å². The van der Waals surface area contributed by atoms with Gasteiger partial charge in [-0.05, 0) is 110 Å². The molecule has 0 amide bonds. The van der Waals surface area contributed by atoms with Crippen LogP contribution in [-0.4, -0.2) is 0 Å². The van der Waals surface area contributed by atoms with Crippen molar-refractivity contribution >= 4 is 49.8 Å². The Hall–Kier alpha value is -7.16. The van der Waals surface area contributed by atoms with Crippen LogP contribution in [0.5, 0.6) is 0 Å². The number of hydrogen-bond acceptors (Lipinski definition) is 2. The minimum atomic E-state index is 0.863. The molecule has 0 bridgehead atoms. The largest absolute Gasteiger partial charge is 0.454 e. The van der Waals surface area contributed by atoms with Crippen LogP contribution in [0.1, 0.15) is 0 Å². The Morgan fingerprint density at radius 3 is 1.57 bits per heavy atom. The highest BCUT2D eigenvalue weighted by atomic mass is 16.3. The average Bonchev–Trinajstić information content (AvgIpc) is 3.64. The topological polar surface area (TPSA) is 16.4 Å². The van der Waals surface area contributed by atoms with Gasteiger partial charge in [0.15, 0.2) is 5.58 Å². The fraction of sp³-hybridized carbons (Fsp3) is 0. The highest BCUT2D eigenvalue weighted by Crippen LogP contribution is 2.43. The number of para-hydroxylation sites is 2. The molecule has 10 rings (SSSR count). The molecule has 0 unspecified atom stereocenters. The van der Waals surface area contributed by atoms with Crippen molar-refractivity contribution in [1.29, 1.82) is 0 Å². The third-order valence-electron chi connectivity index (χ3n) is 10.4. The molecule has 2 heteroatoms. The summed E-state index contributed by atoms with van der Waals surface area (Å²) in [4.78, 5) is 2.32. The molecule has 54 heavy (non-hydrogen) atoms. The molecule has 0 N–H and O–H groups in total. The first kappa shape index (κ1) is 31.6. The summed E-state index contributed by atoms with van der Waals surface area (Å²) in [6, 6.07) is 75.9. The molecule has 0 aliphatic heterocycles. The van der Waals surface area contributed by atoms with Gasteiger partial charge in [-0.2, -0.15) is 0 Å². The molecular weight excluding hydrogens is 655 g/mol. The van der Waals surface area contributed by atoms with E-state index in [1.807, 2.05) is 12.1 Å². The van der Waals surface area contributed by atoms with E-state index >= 15 is 0 Å². The summed E-state index contributed by atoms with van der Waals surface area (Å²) in [5.74, 6) is 0. The molecule has 1 aromatic heterocycles. The van der Waals surface area contributed by atoms with Gasteiger partial charge in [-0.15, -0.1) is 0 Å². The van der Waals surface area contributed by atoms with Crippen LogP contribution >= 0.6 is 0 Å². The summed E-state index contributed by atoms with van der Waals surface area (Å²) in [5, 5.41) is 4.71. The van der Waals surface area contributed by atoms with E-state index in [0.29, 0.717) is 0 Å². The maximum Gasteiger partial charge on any atom is 0.159 e. The number of rotatable bonds is 7. The molecule has 0 fully saturated rings. The van der Waals surface area contributed by atoms with E-state index in [-0.39, 0.29) is 0 Å². The van der Waals surface area contributed by atoms with E-state index in [1.54, 1.807) is 0 Å². The lowest BCUT2D eigenvalue weighted by Crippen LogP contribution is -2.10. The van der Waals surface area contributed by atoms with Gasteiger partial charge in [0.25, 0.3) is 0 Å². The predicted octanol–water partition coefficient (Wildman–Crippen LogP) is 14.9. The predicted molar refractivity (Wildman–Crippen MR) is 228 cm³/mol. The molecule has 0 saturated heterocycles. The number of furan rings is 1. The fourth-order valence-corrected chi connectivity index (χ4v) is 7.72. The van der Waals surface area contributed by atoms with Crippen LogP contribution in [0.25, 0.3) is 77.2 Å². The summed E-state index contributed by atoms with van der Waals surface area (Å²) >= 11 is 0. The first-order chi connectivity index (χ1) is 26.7. The van der Waals surface area contributed by atoms with Crippen LogP contribution in [0, 0.1) is 0 Å². The highest BCUT2D eigenvalue weighted by molar-refractivity contribution is 6.10. The Labute approximate surface area is 314 Å². The van der Waals surface area contributed by atoms with Gasteiger partial charge < -0.3 is 9.32 Å². The number of nitrogens with zero attached hydrogens (tertiary/aromatic N) is 1. The molecule has 9 aromatic carbocycles. The number of anilines is 3. The van der Waals surface area contributed by atoms with Gasteiger partial charge in [-0.1, -0.05) is 158 Å². The molecular formula is C52H35NO. The summed E-state index contributed by atoms with van der Waals surface area (Å²) in [6.45, 7) is 0. The average molecular weight is 690 g/mol. The van der Waals surface area contributed by atoms with Crippen molar-refractivity contribution in [2.24, 2.45) is 0 Å². The second-order valence-electron chi connectivity index (χ2n) is 13.8. The summed E-state index contributed by atoms with van der Waals surface area (Å²) in [7, 11) is 0. The van der Waals surface area contributed by atoms with Crippen LogP contribution in [-0.2, 0) is 0 Å². The lowest BCUT2D eigenvalue weighted by Gasteiger charge is -2.26. The van der Waals surface area contributed by atoms with Crippen molar-refractivity contribution in [1.82, 2.24) is 0 Å². The van der Waals surface area contributed by atoms with Gasteiger partial charge in [-0.3, -0.25) is 0 Å². The standard InChI is InChI=1S/C52H35NO/c1-2-12-36(13-3-1)40-16-8-18-42(32-40)44-20-10-21-47(35-44)53(50-24-11-23-49-48-22-6-7-25-51(48)54-52(49)50)46-30-28-38(29-31-46)41-17-9-19-43(33-41)45-27-26-37-14-4-5-15-39(37)34-45/h1-35H. The van der Waals surface area contributed by atoms with Gasteiger partial charge in [0, 0.05) is 22.1 Å². The Bertz CT molecular complexity index is 2940. The number of benzene rings is 9. The molecule has 0 radical (unpaired) electrons. The minimum absolute atomic E-state index is 0.863. The second-order valence-corrected chi connectivity index (χ2v) is 13.8. The van der Waals surface area contributed by atoms with Gasteiger partial charge in [0.2, 0.25) is 0 Å². The van der Waals surface area contributed by atoms with Crippen LogP contribution < -0.4 is 4.90 Å². The lowest BCUT2D eigenvalue weighted by atomic mass is 9.97. The van der Waals surface area contributed by atoms with Gasteiger partial charge in [0.05, 0.1) is 5.69 Å². The van der Waals surface area contributed by atoms with E-state index in [1.165, 1.54) is 44.2 Å². The third-order valence-corrected chi connectivity index (χ3v) is 10.4. The quantitative estimate of drug-likeness (QED) is 0.166. The minimum Gasteiger partial charge on any atom is -0.454 e. The maximum atomic E-state index is 6.62. The number of fused-ring (bicyclic) bond motifs is 4. The van der Waals surface area contributed by atoms with E-state index in [0.717, 1.165) is 50.1 Å². The van der Waals surface area contributed by atoms with E-state index < -0.39 is 0 Å². The SMILES string of the molecule is c1ccc(-c2cccc(-c3cccc(N(c4ccc(-c5cccc(-c6ccc7ccccc7c6)c5)cc4)c4cccc5c4oc4ccccc45)c3)c2)cc1. The normalized spacial score (nSPS) is 11.3. The van der Waals surface area contributed by atoms with E-state index in [9.17, 15) is 0 Å². The third kappa shape index (κ3) is 5.81. The molecule has 254 valence electrons. The van der Waals surface area contributed by atoms with E-state index in [2.05, 4.69) is 205 Å². The molecule has 0 saturated carbocycles. The molecule has 0 aliphatic carbocycles. The first-order valence-corrected chi connectivity index (χ1v) is 18.4. The van der Waals surface area contributed by atoms with Gasteiger partial charge in [0.1, 0.15) is 5.58 Å². The van der Waals surface area contributed by atoms with E-state index in [4.69, 9.17) is 4.42 Å². The van der Waals surface area contributed by atoms with Crippen molar-refractivity contribution in [3.63, 3.8) is 0 Å². The Morgan fingerprint density at radius 2 is 0.815 bits per heavy atom. The molecule has 0 atom stereocenters. The van der Waals surface area contributed by atoms with Gasteiger partial charge in [-0.25, -0.2) is 0 Å². The lowest BCUT2D eigenvalue weighted by molar-refractivity contribution is 0.669. The molecule has 10 aromatic rings. The Kier molecular flexibility index (Phi) is 7.85. The molecule has 1 heterocycles. The summed E-state index contributed by atoms with van der Waals surface area (Å²) in [6.07, 6.45) is 0. The van der Waals surface area contributed by atoms with Crippen molar-refractivity contribution in [2.45, 2.75) is 0 Å². The summed E-state index contributed by atoms with van der Waals surface area (Å²) in [5.41, 5.74) is 14.3. The van der Waals surface area contributed by atoms with Crippen molar-refractivity contribution in [3.8, 4) is 44.5 Å². The zero-order chi connectivity index (χ0) is 35.8. The smallest absolute Gasteiger partial charge is 0.159 e. The Balaban J connectivity index is 1.07. The molecule has 0 spiro atoms. The Morgan fingerprint density at radius 1 is 0.296 bits per heavy atom. The van der Waals surface area contributed by atoms with Crippen molar-refractivity contribution in [2.75, 3.05) is 4.90 Å². The summed E-state index contributed by atoms with van der Waals surface area (Å²) < 4.78 is 6.62. The van der Waals surface area contributed by atoms with Crippen LogP contribution in [0.3, 0.4) is 0 Å². The number of hydrogen-bond donors (Lipinski definition) is 0. The van der Waals surface area contributed by atoms with Gasteiger partial charge >= 0.3 is 0 Å². The fourth-order valence-electron chi connectivity index (χ4n) is 7.72. The molecule has 2 nitrogen and oxygen atoms in total. The van der Waals surface area contributed by atoms with Crippen molar-refractivity contribution < 1.29 is 4.42 Å². The first-order valence-electron chi connectivity index (χ1n) is 18.4. The zero-order valence-electron chi connectivity index (χ0n) is 29.6. The van der Waals surface area contributed by atoms with Crippen LogP contribution in [0.15, 0.2) is 217 Å². The second kappa shape index (κ2) is 13.4.